The number of esters is 1. The summed E-state index contributed by atoms with van der Waals surface area (Å²) >= 11 is 0. The largest absolute Gasteiger partial charge is 0.469 e. The lowest BCUT2D eigenvalue weighted by atomic mass is 10.2. The Morgan fingerprint density at radius 2 is 2.00 bits per heavy atom. The Morgan fingerprint density at radius 3 is 2.50 bits per heavy atom. The number of carbonyl (C=O) groups is 1. The van der Waals surface area contributed by atoms with Gasteiger partial charge in [0.2, 0.25) is 0 Å². The molecule has 4 heteroatoms. The van der Waals surface area contributed by atoms with Crippen LogP contribution in [0.25, 0.3) is 0 Å². The molecule has 0 bridgehead atoms. The number of ether oxygens (including phenoxy) is 1. The van der Waals surface area contributed by atoms with E-state index in [4.69, 9.17) is 0 Å². The Hall–Kier alpha value is -0.610. The van der Waals surface area contributed by atoms with Crippen LogP contribution in [-0.4, -0.2) is 50.2 Å². The van der Waals surface area contributed by atoms with Gasteiger partial charge in [-0.1, -0.05) is 13.8 Å². The average molecular weight is 230 g/mol. The van der Waals surface area contributed by atoms with Crippen LogP contribution in [-0.2, 0) is 9.53 Å². The Morgan fingerprint density at radius 1 is 1.38 bits per heavy atom. The van der Waals surface area contributed by atoms with Gasteiger partial charge in [-0.15, -0.1) is 0 Å². The standard InChI is InChI=1S/C12H26N2O2/c1-5-14(6-2)9-7-8-13-11(3)10-12(15)16-4/h11,13H,5-10H2,1-4H3/t11-/m0/s1. The lowest BCUT2D eigenvalue weighted by Crippen LogP contribution is -2.32. The first-order valence-electron chi connectivity index (χ1n) is 6.16. The second kappa shape index (κ2) is 9.60. The van der Waals surface area contributed by atoms with Gasteiger partial charge >= 0.3 is 5.97 Å². The van der Waals surface area contributed by atoms with Crippen LogP contribution < -0.4 is 5.32 Å². The van der Waals surface area contributed by atoms with Crippen molar-refractivity contribution < 1.29 is 9.53 Å². The van der Waals surface area contributed by atoms with Crippen molar-refractivity contribution in [1.29, 1.82) is 0 Å². The fraction of sp³-hybridized carbons (Fsp3) is 0.917. The van der Waals surface area contributed by atoms with Crippen molar-refractivity contribution in [2.75, 3.05) is 33.3 Å². The minimum Gasteiger partial charge on any atom is -0.469 e. The second-order valence-electron chi connectivity index (χ2n) is 4.02. The van der Waals surface area contributed by atoms with E-state index in [1.54, 1.807) is 0 Å². The van der Waals surface area contributed by atoms with Crippen molar-refractivity contribution in [2.45, 2.75) is 39.7 Å². The van der Waals surface area contributed by atoms with E-state index >= 15 is 0 Å². The molecule has 0 aliphatic rings. The minimum absolute atomic E-state index is 0.149. The molecule has 0 rings (SSSR count). The van der Waals surface area contributed by atoms with Crippen molar-refractivity contribution in [3.8, 4) is 0 Å². The number of rotatable bonds is 9. The summed E-state index contributed by atoms with van der Waals surface area (Å²) in [5, 5.41) is 3.32. The van der Waals surface area contributed by atoms with E-state index in [2.05, 4.69) is 28.8 Å². The van der Waals surface area contributed by atoms with Gasteiger partial charge in [0.05, 0.1) is 13.5 Å². The molecule has 0 unspecified atom stereocenters. The summed E-state index contributed by atoms with van der Waals surface area (Å²) in [4.78, 5) is 13.4. The zero-order chi connectivity index (χ0) is 12.4. The number of hydrogen-bond donors (Lipinski definition) is 1. The molecule has 0 aliphatic heterocycles. The van der Waals surface area contributed by atoms with Gasteiger partial charge < -0.3 is 15.0 Å². The molecule has 0 aromatic carbocycles. The summed E-state index contributed by atoms with van der Waals surface area (Å²) in [7, 11) is 1.43. The minimum atomic E-state index is -0.149. The summed E-state index contributed by atoms with van der Waals surface area (Å²) in [6, 6.07) is 0.198. The van der Waals surface area contributed by atoms with Gasteiger partial charge in [0.15, 0.2) is 0 Å². The predicted molar refractivity (Wildman–Crippen MR) is 66.5 cm³/mol. The Bertz CT molecular complexity index is 182. The summed E-state index contributed by atoms with van der Waals surface area (Å²) in [6.07, 6.45) is 1.56. The van der Waals surface area contributed by atoms with Crippen molar-refractivity contribution in [1.82, 2.24) is 10.2 Å². The summed E-state index contributed by atoms with van der Waals surface area (Å²) in [5.41, 5.74) is 0. The first-order valence-corrected chi connectivity index (χ1v) is 6.16. The van der Waals surface area contributed by atoms with Crippen molar-refractivity contribution in [3.63, 3.8) is 0 Å². The normalized spacial score (nSPS) is 12.8. The van der Waals surface area contributed by atoms with Crippen LogP contribution in [0.4, 0.5) is 0 Å². The fourth-order valence-corrected chi connectivity index (χ4v) is 1.60. The van der Waals surface area contributed by atoms with Crippen LogP contribution in [0.3, 0.4) is 0 Å². The van der Waals surface area contributed by atoms with Gasteiger partial charge in [-0.05, 0) is 39.5 Å². The van der Waals surface area contributed by atoms with Gasteiger partial charge in [0.25, 0.3) is 0 Å². The smallest absolute Gasteiger partial charge is 0.307 e. The van der Waals surface area contributed by atoms with Gasteiger partial charge in [-0.3, -0.25) is 4.79 Å². The highest BCUT2D eigenvalue weighted by Crippen LogP contribution is 1.94. The number of carbonyl (C=O) groups excluding carboxylic acids is 1. The molecule has 0 fully saturated rings. The van der Waals surface area contributed by atoms with Crippen molar-refractivity contribution in [3.05, 3.63) is 0 Å². The molecule has 0 aliphatic carbocycles. The Labute approximate surface area is 99.3 Å². The van der Waals surface area contributed by atoms with E-state index in [9.17, 15) is 4.79 Å². The average Bonchev–Trinajstić information content (AvgIpc) is 2.29. The van der Waals surface area contributed by atoms with E-state index in [1.807, 2.05) is 6.92 Å². The summed E-state index contributed by atoms with van der Waals surface area (Å²) in [5.74, 6) is -0.149. The number of hydrogen-bond acceptors (Lipinski definition) is 4. The van der Waals surface area contributed by atoms with Gasteiger partial charge in [0, 0.05) is 6.04 Å². The number of nitrogens with one attached hydrogen (secondary N) is 1. The molecule has 0 spiro atoms. The first-order chi connectivity index (χ1) is 7.63. The topological polar surface area (TPSA) is 41.6 Å². The van der Waals surface area contributed by atoms with Crippen LogP contribution in [0.15, 0.2) is 0 Å². The predicted octanol–water partition coefficient (Wildman–Crippen LogP) is 1.26. The molecule has 1 N–H and O–H groups in total. The molecule has 0 saturated heterocycles. The zero-order valence-corrected chi connectivity index (χ0v) is 11.1. The third-order valence-electron chi connectivity index (χ3n) is 2.74. The van der Waals surface area contributed by atoms with Crippen molar-refractivity contribution >= 4 is 5.97 Å². The highest BCUT2D eigenvalue weighted by molar-refractivity contribution is 5.69. The molecule has 0 aromatic heterocycles. The van der Waals surface area contributed by atoms with Crippen LogP contribution in [0.5, 0.6) is 0 Å². The van der Waals surface area contributed by atoms with Crippen LogP contribution >= 0.6 is 0 Å². The SMILES string of the molecule is CCN(CC)CCCN[C@@H](C)CC(=O)OC. The van der Waals surface area contributed by atoms with E-state index in [0.29, 0.717) is 6.42 Å². The van der Waals surface area contributed by atoms with Gasteiger partial charge in [0.1, 0.15) is 0 Å². The third kappa shape index (κ3) is 7.65. The molecule has 0 amide bonds. The molecule has 16 heavy (non-hydrogen) atoms. The molecular formula is C12H26N2O2. The lowest BCUT2D eigenvalue weighted by molar-refractivity contribution is -0.141. The molecule has 1 atom stereocenters. The monoisotopic (exact) mass is 230 g/mol. The maximum atomic E-state index is 11.0. The molecule has 0 saturated carbocycles. The van der Waals surface area contributed by atoms with Crippen LogP contribution in [0.2, 0.25) is 0 Å². The van der Waals surface area contributed by atoms with E-state index < -0.39 is 0 Å². The molecule has 96 valence electrons. The van der Waals surface area contributed by atoms with Gasteiger partial charge in [-0.2, -0.15) is 0 Å². The number of nitrogens with zero attached hydrogens (tertiary/aromatic N) is 1. The van der Waals surface area contributed by atoms with E-state index in [-0.39, 0.29) is 12.0 Å². The third-order valence-corrected chi connectivity index (χ3v) is 2.74. The van der Waals surface area contributed by atoms with E-state index in [0.717, 1.165) is 32.6 Å². The molecule has 0 heterocycles. The molecule has 4 nitrogen and oxygen atoms in total. The summed E-state index contributed by atoms with van der Waals surface area (Å²) < 4.78 is 4.61. The second-order valence-corrected chi connectivity index (χ2v) is 4.02. The fourth-order valence-electron chi connectivity index (χ4n) is 1.60. The van der Waals surface area contributed by atoms with Gasteiger partial charge in [-0.25, -0.2) is 0 Å². The zero-order valence-electron chi connectivity index (χ0n) is 11.1. The highest BCUT2D eigenvalue weighted by Gasteiger charge is 2.07. The maximum absolute atomic E-state index is 11.0. The molecular weight excluding hydrogens is 204 g/mol. The Balaban J connectivity index is 3.47. The van der Waals surface area contributed by atoms with Crippen LogP contribution in [0, 0.1) is 0 Å². The maximum Gasteiger partial charge on any atom is 0.307 e. The lowest BCUT2D eigenvalue weighted by Gasteiger charge is -2.18. The molecule has 0 radical (unpaired) electrons. The van der Waals surface area contributed by atoms with Crippen molar-refractivity contribution in [2.24, 2.45) is 0 Å². The first kappa shape index (κ1) is 15.4. The van der Waals surface area contributed by atoms with Crippen LogP contribution in [0.1, 0.15) is 33.6 Å². The summed E-state index contributed by atoms with van der Waals surface area (Å²) in [6.45, 7) is 10.6. The Kier molecular flexibility index (Phi) is 9.24. The highest BCUT2D eigenvalue weighted by atomic mass is 16.5. The number of methoxy groups -OCH3 is 1. The molecule has 0 aromatic rings. The van der Waals surface area contributed by atoms with E-state index in [1.165, 1.54) is 7.11 Å². The quantitative estimate of drug-likeness (QED) is 0.478.